The van der Waals surface area contributed by atoms with Crippen LogP contribution in [0.4, 0.5) is 0 Å². The Balaban J connectivity index is 1.68. The molecule has 0 N–H and O–H groups in total. The van der Waals surface area contributed by atoms with Gasteiger partial charge in [0.25, 0.3) is 5.91 Å². The van der Waals surface area contributed by atoms with Crippen LogP contribution in [0.1, 0.15) is 27.2 Å². The van der Waals surface area contributed by atoms with Gasteiger partial charge in [0.2, 0.25) is 0 Å². The second-order valence-electron chi connectivity index (χ2n) is 6.19. The van der Waals surface area contributed by atoms with Crippen LogP contribution in [0, 0.1) is 6.92 Å². The van der Waals surface area contributed by atoms with E-state index in [0.29, 0.717) is 24.4 Å². The summed E-state index contributed by atoms with van der Waals surface area (Å²) < 4.78 is 10.3. The average Bonchev–Trinajstić information content (AvgIpc) is 3.13. The first-order valence-corrected chi connectivity index (χ1v) is 8.70. The molecule has 0 aliphatic heterocycles. The van der Waals surface area contributed by atoms with Gasteiger partial charge in [0.15, 0.2) is 6.61 Å². The lowest BCUT2D eigenvalue weighted by atomic mass is 10.1. The van der Waals surface area contributed by atoms with Crippen molar-refractivity contribution in [3.63, 3.8) is 0 Å². The Morgan fingerprint density at radius 3 is 1.93 bits per heavy atom. The fourth-order valence-electron chi connectivity index (χ4n) is 2.73. The van der Waals surface area contributed by atoms with Crippen molar-refractivity contribution in [3.05, 3.63) is 95.4 Å². The van der Waals surface area contributed by atoms with Crippen molar-refractivity contribution in [1.29, 1.82) is 0 Å². The van der Waals surface area contributed by atoms with Crippen LogP contribution in [0.2, 0.25) is 0 Å². The maximum atomic E-state index is 12.7. The van der Waals surface area contributed by atoms with Crippen molar-refractivity contribution in [2.24, 2.45) is 0 Å². The second-order valence-corrected chi connectivity index (χ2v) is 6.19. The molecule has 5 nitrogen and oxygen atoms in total. The molecule has 0 saturated heterocycles. The molecular weight excluding hydrogens is 342 g/mol. The quantitative estimate of drug-likeness (QED) is 0.596. The molecule has 1 amide bonds. The van der Waals surface area contributed by atoms with Gasteiger partial charge < -0.3 is 14.1 Å². The third-order valence-corrected chi connectivity index (χ3v) is 4.19. The number of furan rings is 1. The predicted molar refractivity (Wildman–Crippen MR) is 101 cm³/mol. The average molecular weight is 363 g/mol. The monoisotopic (exact) mass is 363 g/mol. The number of rotatable bonds is 7. The lowest BCUT2D eigenvalue weighted by Crippen LogP contribution is -2.34. The van der Waals surface area contributed by atoms with E-state index in [1.165, 1.54) is 12.3 Å². The minimum absolute atomic E-state index is 0.253. The number of nitrogens with zero attached hydrogens (tertiary/aromatic N) is 1. The van der Waals surface area contributed by atoms with Gasteiger partial charge in [-0.1, -0.05) is 60.7 Å². The molecule has 0 fully saturated rings. The summed E-state index contributed by atoms with van der Waals surface area (Å²) in [6, 6.07) is 21.0. The Morgan fingerprint density at radius 2 is 1.44 bits per heavy atom. The van der Waals surface area contributed by atoms with Crippen molar-refractivity contribution in [3.8, 4) is 0 Å². The SMILES string of the molecule is Cc1occc1C(=O)OCC(=O)N(Cc1ccccc1)Cc1ccccc1. The zero-order valence-corrected chi connectivity index (χ0v) is 15.1. The van der Waals surface area contributed by atoms with E-state index in [0.717, 1.165) is 11.1 Å². The van der Waals surface area contributed by atoms with E-state index in [1.807, 2.05) is 60.7 Å². The highest BCUT2D eigenvalue weighted by atomic mass is 16.5. The minimum Gasteiger partial charge on any atom is -0.469 e. The molecule has 0 unspecified atom stereocenters. The predicted octanol–water partition coefficient (Wildman–Crippen LogP) is 3.97. The number of ether oxygens (including phenoxy) is 1. The number of benzene rings is 2. The van der Waals surface area contributed by atoms with Gasteiger partial charge >= 0.3 is 5.97 Å². The van der Waals surface area contributed by atoms with Gasteiger partial charge in [-0.15, -0.1) is 0 Å². The van der Waals surface area contributed by atoms with Crippen LogP contribution < -0.4 is 0 Å². The van der Waals surface area contributed by atoms with E-state index in [2.05, 4.69) is 0 Å². The molecule has 27 heavy (non-hydrogen) atoms. The Morgan fingerprint density at radius 1 is 0.889 bits per heavy atom. The number of hydrogen-bond acceptors (Lipinski definition) is 4. The molecule has 0 aliphatic rings. The fourth-order valence-corrected chi connectivity index (χ4v) is 2.73. The van der Waals surface area contributed by atoms with Gasteiger partial charge in [0.05, 0.1) is 6.26 Å². The molecule has 0 aliphatic carbocycles. The van der Waals surface area contributed by atoms with E-state index in [4.69, 9.17) is 9.15 Å². The van der Waals surface area contributed by atoms with Crippen molar-refractivity contribution < 1.29 is 18.7 Å². The largest absolute Gasteiger partial charge is 0.469 e. The van der Waals surface area contributed by atoms with E-state index >= 15 is 0 Å². The number of amides is 1. The lowest BCUT2D eigenvalue weighted by Gasteiger charge is -2.23. The van der Waals surface area contributed by atoms with E-state index < -0.39 is 5.97 Å². The molecule has 0 bridgehead atoms. The first-order valence-electron chi connectivity index (χ1n) is 8.70. The van der Waals surface area contributed by atoms with Gasteiger partial charge in [-0.05, 0) is 24.1 Å². The van der Waals surface area contributed by atoms with Gasteiger partial charge in [0, 0.05) is 13.1 Å². The third-order valence-electron chi connectivity index (χ3n) is 4.19. The van der Waals surface area contributed by atoms with Crippen molar-refractivity contribution in [2.75, 3.05) is 6.61 Å². The fraction of sp³-hybridized carbons (Fsp3) is 0.182. The van der Waals surface area contributed by atoms with Crippen LogP contribution >= 0.6 is 0 Å². The summed E-state index contributed by atoms with van der Waals surface area (Å²) in [6.45, 7) is 2.24. The van der Waals surface area contributed by atoms with E-state index in [1.54, 1.807) is 11.8 Å². The molecule has 3 rings (SSSR count). The van der Waals surface area contributed by atoms with E-state index in [-0.39, 0.29) is 12.5 Å². The highest BCUT2D eigenvalue weighted by molar-refractivity contribution is 5.92. The summed E-state index contributed by atoms with van der Waals surface area (Å²) in [5, 5.41) is 0. The van der Waals surface area contributed by atoms with Crippen LogP contribution in [0.25, 0.3) is 0 Å². The molecule has 2 aromatic carbocycles. The number of carbonyl (C=O) groups is 2. The van der Waals surface area contributed by atoms with Gasteiger partial charge in [0.1, 0.15) is 11.3 Å². The molecular formula is C22H21NO4. The smallest absolute Gasteiger partial charge is 0.342 e. The van der Waals surface area contributed by atoms with Gasteiger partial charge in [-0.25, -0.2) is 4.79 Å². The van der Waals surface area contributed by atoms with Crippen LogP contribution in [-0.4, -0.2) is 23.4 Å². The summed E-state index contributed by atoms with van der Waals surface area (Å²) in [4.78, 5) is 26.5. The maximum Gasteiger partial charge on any atom is 0.342 e. The molecule has 0 atom stereocenters. The first-order chi connectivity index (χ1) is 13.1. The van der Waals surface area contributed by atoms with Crippen LogP contribution in [0.3, 0.4) is 0 Å². The second kappa shape index (κ2) is 8.85. The van der Waals surface area contributed by atoms with Gasteiger partial charge in [-0.2, -0.15) is 0 Å². The maximum absolute atomic E-state index is 12.7. The first kappa shape index (κ1) is 18.5. The molecule has 0 saturated carbocycles. The zero-order chi connectivity index (χ0) is 19.1. The van der Waals surface area contributed by atoms with Crippen molar-refractivity contribution >= 4 is 11.9 Å². The third kappa shape index (κ3) is 5.07. The molecule has 1 heterocycles. The Bertz CT molecular complexity index is 845. The molecule has 0 radical (unpaired) electrons. The highest BCUT2D eigenvalue weighted by Crippen LogP contribution is 2.13. The van der Waals surface area contributed by atoms with Crippen molar-refractivity contribution in [1.82, 2.24) is 4.90 Å². The van der Waals surface area contributed by atoms with Gasteiger partial charge in [-0.3, -0.25) is 4.79 Å². The molecule has 3 aromatic rings. The summed E-state index contributed by atoms with van der Waals surface area (Å²) in [5.74, 6) is -0.343. The summed E-state index contributed by atoms with van der Waals surface area (Å²) in [5.41, 5.74) is 2.36. The normalized spacial score (nSPS) is 10.4. The van der Waals surface area contributed by atoms with Crippen LogP contribution in [0.15, 0.2) is 77.4 Å². The number of carbonyl (C=O) groups excluding carboxylic acids is 2. The lowest BCUT2D eigenvalue weighted by molar-refractivity contribution is -0.135. The highest BCUT2D eigenvalue weighted by Gasteiger charge is 2.19. The van der Waals surface area contributed by atoms with Crippen LogP contribution in [0.5, 0.6) is 0 Å². The minimum atomic E-state index is -0.561. The summed E-state index contributed by atoms with van der Waals surface area (Å²) >= 11 is 0. The number of hydrogen-bond donors (Lipinski definition) is 0. The molecule has 5 heteroatoms. The standard InChI is InChI=1S/C22H21NO4/c1-17-20(12-13-26-17)22(25)27-16-21(24)23(14-18-8-4-2-5-9-18)15-19-10-6-3-7-11-19/h2-13H,14-16H2,1H3. The zero-order valence-electron chi connectivity index (χ0n) is 15.1. The topological polar surface area (TPSA) is 59.8 Å². The molecule has 0 spiro atoms. The Kier molecular flexibility index (Phi) is 6.05. The Hall–Kier alpha value is -3.34. The van der Waals surface area contributed by atoms with E-state index in [9.17, 15) is 9.59 Å². The molecule has 1 aromatic heterocycles. The van der Waals surface area contributed by atoms with Crippen molar-refractivity contribution in [2.45, 2.75) is 20.0 Å². The summed E-state index contributed by atoms with van der Waals surface area (Å²) in [7, 11) is 0. The number of aryl methyl sites for hydroxylation is 1. The summed E-state index contributed by atoms with van der Waals surface area (Å²) in [6.07, 6.45) is 1.42. The van der Waals surface area contributed by atoms with Crippen LogP contribution in [-0.2, 0) is 22.6 Å². The Labute approximate surface area is 158 Å². The number of esters is 1. The molecule has 138 valence electrons.